The number of rotatable bonds is 3. The fourth-order valence-corrected chi connectivity index (χ4v) is 1.79. The number of amides is 1. The summed E-state index contributed by atoms with van der Waals surface area (Å²) in [5.41, 5.74) is 0. The monoisotopic (exact) mass is 255 g/mol. The van der Waals surface area contributed by atoms with Gasteiger partial charge in [0.1, 0.15) is 5.82 Å². The van der Waals surface area contributed by atoms with Crippen LogP contribution < -0.4 is 5.32 Å². The van der Waals surface area contributed by atoms with Crippen LogP contribution in [-0.4, -0.2) is 48.6 Å². The molecule has 1 amide bonds. The molecule has 5 nitrogen and oxygen atoms in total. The van der Waals surface area contributed by atoms with Crippen LogP contribution in [0.25, 0.3) is 0 Å². The van der Waals surface area contributed by atoms with Gasteiger partial charge in [-0.2, -0.15) is 0 Å². The number of hydrogen-bond acceptors (Lipinski definition) is 4. The molecule has 0 radical (unpaired) electrons. The highest BCUT2D eigenvalue weighted by atomic mass is 35.5. The van der Waals surface area contributed by atoms with Crippen molar-refractivity contribution in [2.75, 3.05) is 38.2 Å². The van der Waals surface area contributed by atoms with Crippen LogP contribution >= 0.6 is 11.6 Å². The third-order valence-corrected chi connectivity index (χ3v) is 2.83. The number of pyridine rings is 1. The van der Waals surface area contributed by atoms with Gasteiger partial charge in [-0.1, -0.05) is 11.6 Å². The molecule has 1 aliphatic heterocycles. The number of carbonyl (C=O) groups is 1. The minimum atomic E-state index is 0.0371. The molecule has 1 N–H and O–H groups in total. The third-order valence-electron chi connectivity index (χ3n) is 2.53. The van der Waals surface area contributed by atoms with Crippen molar-refractivity contribution in [3.8, 4) is 0 Å². The first-order chi connectivity index (χ1) is 8.27. The molecular weight excluding hydrogens is 242 g/mol. The average molecular weight is 256 g/mol. The molecular formula is C11H14ClN3O2. The first kappa shape index (κ1) is 12.1. The number of nitrogens with one attached hydrogen (secondary N) is 1. The molecule has 0 bridgehead atoms. The van der Waals surface area contributed by atoms with Crippen molar-refractivity contribution >= 4 is 23.3 Å². The third kappa shape index (κ3) is 3.31. The molecule has 17 heavy (non-hydrogen) atoms. The Bertz CT molecular complexity index is 394. The van der Waals surface area contributed by atoms with Gasteiger partial charge in [0.2, 0.25) is 5.91 Å². The normalized spacial score (nSPS) is 15.7. The number of ether oxygens (including phenoxy) is 1. The number of carbonyl (C=O) groups excluding carboxylic acids is 1. The minimum Gasteiger partial charge on any atom is -0.378 e. The number of anilines is 1. The fourth-order valence-electron chi connectivity index (χ4n) is 1.60. The molecule has 1 aromatic heterocycles. The van der Waals surface area contributed by atoms with Crippen molar-refractivity contribution in [1.29, 1.82) is 0 Å². The number of morpholine rings is 1. The van der Waals surface area contributed by atoms with E-state index in [9.17, 15) is 4.79 Å². The molecule has 0 spiro atoms. The summed E-state index contributed by atoms with van der Waals surface area (Å²) in [6, 6.07) is 3.48. The second-order valence-corrected chi connectivity index (χ2v) is 4.09. The fraction of sp³-hybridized carbons (Fsp3) is 0.455. The van der Waals surface area contributed by atoms with Crippen LogP contribution in [0.15, 0.2) is 18.3 Å². The molecule has 6 heteroatoms. The van der Waals surface area contributed by atoms with Gasteiger partial charge in [0, 0.05) is 19.3 Å². The van der Waals surface area contributed by atoms with E-state index in [1.165, 1.54) is 0 Å². The summed E-state index contributed by atoms with van der Waals surface area (Å²) in [7, 11) is 0. The van der Waals surface area contributed by atoms with Crippen LogP contribution in [0.4, 0.5) is 5.82 Å². The standard InChI is InChI=1S/C11H14ClN3O2/c12-9-2-1-3-13-11(9)14-8-10(16)15-4-6-17-7-5-15/h1-3H,4-8H2,(H,13,14). The van der Waals surface area contributed by atoms with Crippen LogP contribution in [0.1, 0.15) is 0 Å². The van der Waals surface area contributed by atoms with Crippen molar-refractivity contribution < 1.29 is 9.53 Å². The highest BCUT2D eigenvalue weighted by molar-refractivity contribution is 6.32. The smallest absolute Gasteiger partial charge is 0.242 e. The Morgan fingerprint density at radius 2 is 2.29 bits per heavy atom. The van der Waals surface area contributed by atoms with Gasteiger partial charge in [0.25, 0.3) is 0 Å². The zero-order chi connectivity index (χ0) is 12.1. The van der Waals surface area contributed by atoms with Gasteiger partial charge in [-0.15, -0.1) is 0 Å². The van der Waals surface area contributed by atoms with Gasteiger partial charge in [-0.25, -0.2) is 4.98 Å². The lowest BCUT2D eigenvalue weighted by Crippen LogP contribution is -2.43. The lowest BCUT2D eigenvalue weighted by Gasteiger charge is -2.27. The predicted octanol–water partition coefficient (Wildman–Crippen LogP) is 1.01. The molecule has 0 atom stereocenters. The van der Waals surface area contributed by atoms with E-state index >= 15 is 0 Å². The summed E-state index contributed by atoms with van der Waals surface area (Å²) in [5, 5.41) is 3.45. The van der Waals surface area contributed by atoms with Crippen molar-refractivity contribution in [3.63, 3.8) is 0 Å². The van der Waals surface area contributed by atoms with Crippen LogP contribution in [0.5, 0.6) is 0 Å². The molecule has 2 heterocycles. The zero-order valence-electron chi connectivity index (χ0n) is 9.36. The highest BCUT2D eigenvalue weighted by Gasteiger charge is 2.16. The number of nitrogens with zero attached hydrogens (tertiary/aromatic N) is 2. The molecule has 1 saturated heterocycles. The Labute approximate surface area is 105 Å². The number of halogens is 1. The molecule has 1 aliphatic rings. The SMILES string of the molecule is O=C(CNc1ncccc1Cl)N1CCOCC1. The van der Waals surface area contributed by atoms with Gasteiger partial charge in [-0.05, 0) is 12.1 Å². The highest BCUT2D eigenvalue weighted by Crippen LogP contribution is 2.16. The van der Waals surface area contributed by atoms with E-state index in [1.807, 2.05) is 0 Å². The number of hydrogen-bond donors (Lipinski definition) is 1. The van der Waals surface area contributed by atoms with Gasteiger partial charge < -0.3 is 15.0 Å². The predicted molar refractivity (Wildman–Crippen MR) is 65.1 cm³/mol. The lowest BCUT2D eigenvalue weighted by molar-refractivity contribution is -0.133. The Kier molecular flexibility index (Phi) is 4.17. The van der Waals surface area contributed by atoms with Gasteiger partial charge >= 0.3 is 0 Å². The molecule has 1 aromatic rings. The Hall–Kier alpha value is -1.33. The Morgan fingerprint density at radius 3 is 3.00 bits per heavy atom. The van der Waals surface area contributed by atoms with E-state index < -0.39 is 0 Å². The van der Waals surface area contributed by atoms with Gasteiger partial charge in [-0.3, -0.25) is 4.79 Å². The van der Waals surface area contributed by atoms with Crippen molar-refractivity contribution in [2.24, 2.45) is 0 Å². The topological polar surface area (TPSA) is 54.5 Å². The van der Waals surface area contributed by atoms with Crippen LogP contribution in [0.2, 0.25) is 5.02 Å². The summed E-state index contributed by atoms with van der Waals surface area (Å²) in [4.78, 5) is 17.6. The van der Waals surface area contributed by atoms with E-state index in [0.717, 1.165) is 0 Å². The summed E-state index contributed by atoms with van der Waals surface area (Å²) in [6.45, 7) is 2.72. The maximum absolute atomic E-state index is 11.8. The molecule has 0 saturated carbocycles. The molecule has 0 unspecified atom stereocenters. The van der Waals surface area contributed by atoms with E-state index in [1.54, 1.807) is 23.2 Å². The Morgan fingerprint density at radius 1 is 1.53 bits per heavy atom. The second-order valence-electron chi connectivity index (χ2n) is 3.68. The summed E-state index contributed by atoms with van der Waals surface area (Å²) in [6.07, 6.45) is 1.63. The van der Waals surface area contributed by atoms with Crippen LogP contribution in [0, 0.1) is 0 Å². The maximum Gasteiger partial charge on any atom is 0.242 e. The van der Waals surface area contributed by atoms with Gasteiger partial charge in [0.05, 0.1) is 24.8 Å². The van der Waals surface area contributed by atoms with Crippen molar-refractivity contribution in [1.82, 2.24) is 9.88 Å². The van der Waals surface area contributed by atoms with Gasteiger partial charge in [0.15, 0.2) is 0 Å². The molecule has 1 fully saturated rings. The number of aromatic nitrogens is 1. The van der Waals surface area contributed by atoms with Crippen LogP contribution in [0.3, 0.4) is 0 Å². The maximum atomic E-state index is 11.8. The quantitative estimate of drug-likeness (QED) is 0.876. The van der Waals surface area contributed by atoms with E-state index in [4.69, 9.17) is 16.3 Å². The van der Waals surface area contributed by atoms with Crippen molar-refractivity contribution in [3.05, 3.63) is 23.4 Å². The second kappa shape index (κ2) is 5.84. The summed E-state index contributed by atoms with van der Waals surface area (Å²) in [5.74, 6) is 0.575. The first-order valence-electron chi connectivity index (χ1n) is 5.47. The van der Waals surface area contributed by atoms with Crippen molar-refractivity contribution in [2.45, 2.75) is 0 Å². The minimum absolute atomic E-state index is 0.0371. The van der Waals surface area contributed by atoms with E-state index in [-0.39, 0.29) is 12.5 Å². The molecule has 0 aliphatic carbocycles. The van der Waals surface area contributed by atoms with Crippen LogP contribution in [-0.2, 0) is 9.53 Å². The molecule has 2 rings (SSSR count). The largest absolute Gasteiger partial charge is 0.378 e. The summed E-state index contributed by atoms with van der Waals surface area (Å²) >= 11 is 5.92. The average Bonchev–Trinajstić information content (AvgIpc) is 2.38. The Balaban J connectivity index is 1.85. The first-order valence-corrected chi connectivity index (χ1v) is 5.85. The van der Waals surface area contributed by atoms with E-state index in [2.05, 4.69) is 10.3 Å². The molecule has 0 aromatic carbocycles. The zero-order valence-corrected chi connectivity index (χ0v) is 10.1. The lowest BCUT2D eigenvalue weighted by atomic mass is 10.4. The molecule has 92 valence electrons. The summed E-state index contributed by atoms with van der Waals surface area (Å²) < 4.78 is 5.18. The van der Waals surface area contributed by atoms with E-state index in [0.29, 0.717) is 37.1 Å².